The van der Waals surface area contributed by atoms with E-state index in [4.69, 9.17) is 9.72 Å². The third-order valence-electron chi connectivity index (χ3n) is 9.38. The van der Waals surface area contributed by atoms with E-state index in [1.165, 1.54) is 29.0 Å². The van der Waals surface area contributed by atoms with Gasteiger partial charge in [-0.2, -0.15) is 4.98 Å². The van der Waals surface area contributed by atoms with E-state index in [1.807, 2.05) is 12.1 Å². The van der Waals surface area contributed by atoms with E-state index in [1.54, 1.807) is 23.9 Å². The fourth-order valence-electron chi connectivity index (χ4n) is 6.59. The van der Waals surface area contributed by atoms with Crippen molar-refractivity contribution < 1.29 is 13.2 Å². The molecule has 0 radical (unpaired) electrons. The Bertz CT molecular complexity index is 1960. The van der Waals surface area contributed by atoms with Gasteiger partial charge in [-0.1, -0.05) is 48.2 Å². The zero-order valence-corrected chi connectivity index (χ0v) is 28.8. The van der Waals surface area contributed by atoms with Gasteiger partial charge in [0, 0.05) is 49.9 Å². The molecule has 48 heavy (non-hydrogen) atoms. The summed E-state index contributed by atoms with van der Waals surface area (Å²) < 4.78 is 32.2. The number of methoxy groups -OCH3 is 1. The molecule has 2 aromatic carbocycles. The number of hydrogen-bond acceptors (Lipinski definition) is 8. The first kappa shape index (κ1) is 33.8. The maximum Gasteiger partial charge on any atom is 0.268 e. The molecule has 1 unspecified atom stereocenters. The Kier molecular flexibility index (Phi) is 10.6. The average molecular weight is 669 g/mol. The molecule has 0 bridgehead atoms. The Morgan fingerprint density at radius 1 is 1.00 bits per heavy atom. The van der Waals surface area contributed by atoms with E-state index in [9.17, 15) is 13.2 Å². The van der Waals surface area contributed by atoms with Gasteiger partial charge in [-0.3, -0.25) is 9.36 Å². The van der Waals surface area contributed by atoms with E-state index >= 15 is 0 Å². The second kappa shape index (κ2) is 15.0. The molecule has 0 spiro atoms. The SMILES string of the molecule is COCCc1ccc(Cn2c(=O)c(C#CC3CCN(S(C)(=O)=O)CC3)cc3cnc(Nc4ccc(C5CCCN(C)C5)cc4)nc32)cc1. The maximum atomic E-state index is 14.0. The number of aromatic nitrogens is 3. The van der Waals surface area contributed by atoms with Crippen molar-refractivity contribution in [3.63, 3.8) is 0 Å². The number of fused-ring (bicyclic) bond motifs is 1. The van der Waals surface area contributed by atoms with Crippen LogP contribution in [0.1, 0.15) is 53.9 Å². The molecule has 2 fully saturated rings. The van der Waals surface area contributed by atoms with Crippen LogP contribution in [0.25, 0.3) is 11.0 Å². The van der Waals surface area contributed by atoms with Crippen molar-refractivity contribution in [2.45, 2.75) is 44.6 Å². The average Bonchev–Trinajstić information content (AvgIpc) is 3.08. The monoisotopic (exact) mass is 668 g/mol. The minimum absolute atomic E-state index is 0.0134. The number of piperidine rings is 2. The first-order valence-corrected chi connectivity index (χ1v) is 18.5. The smallest absolute Gasteiger partial charge is 0.268 e. The molecule has 252 valence electrons. The van der Waals surface area contributed by atoms with Crippen molar-refractivity contribution in [1.82, 2.24) is 23.7 Å². The van der Waals surface area contributed by atoms with Crippen LogP contribution in [0.4, 0.5) is 11.6 Å². The Morgan fingerprint density at radius 2 is 1.73 bits per heavy atom. The molecule has 2 aliphatic rings. The lowest BCUT2D eigenvalue weighted by molar-refractivity contribution is 0.202. The van der Waals surface area contributed by atoms with Gasteiger partial charge in [0.05, 0.1) is 25.0 Å². The largest absolute Gasteiger partial charge is 0.384 e. The molecule has 1 atom stereocenters. The number of ether oxygens (including phenoxy) is 1. The summed E-state index contributed by atoms with van der Waals surface area (Å²) in [6, 6.07) is 18.4. The fraction of sp³-hybridized carbons (Fsp3) is 0.432. The molecule has 4 heterocycles. The lowest BCUT2D eigenvalue weighted by Gasteiger charge is -2.30. The lowest BCUT2D eigenvalue weighted by Crippen LogP contribution is -2.37. The minimum atomic E-state index is -3.22. The third kappa shape index (κ3) is 8.31. The number of anilines is 2. The van der Waals surface area contributed by atoms with Gasteiger partial charge in [0.1, 0.15) is 5.65 Å². The van der Waals surface area contributed by atoms with Crippen molar-refractivity contribution in [3.8, 4) is 11.8 Å². The van der Waals surface area contributed by atoms with E-state index in [0.29, 0.717) is 67.5 Å². The zero-order valence-electron chi connectivity index (χ0n) is 28.0. The van der Waals surface area contributed by atoms with Gasteiger partial charge in [-0.25, -0.2) is 17.7 Å². The van der Waals surface area contributed by atoms with Crippen LogP contribution in [0, 0.1) is 17.8 Å². The Balaban J connectivity index is 1.28. The summed E-state index contributed by atoms with van der Waals surface area (Å²) in [5.41, 5.74) is 5.02. The summed E-state index contributed by atoms with van der Waals surface area (Å²) in [6.07, 6.45) is 7.46. The van der Waals surface area contributed by atoms with Crippen LogP contribution in [0.2, 0.25) is 0 Å². The normalized spacial score (nSPS) is 18.0. The van der Waals surface area contributed by atoms with Crippen LogP contribution in [0.15, 0.2) is 65.6 Å². The summed E-state index contributed by atoms with van der Waals surface area (Å²) in [5.74, 6) is 7.35. The summed E-state index contributed by atoms with van der Waals surface area (Å²) >= 11 is 0. The van der Waals surface area contributed by atoms with Crippen LogP contribution in [0.3, 0.4) is 0 Å². The number of nitrogens with one attached hydrogen (secondary N) is 1. The number of likely N-dealkylation sites (N-methyl/N-ethyl adjacent to an activating group) is 1. The topological polar surface area (TPSA) is 110 Å². The number of nitrogens with zero attached hydrogens (tertiary/aromatic N) is 5. The Hall–Kier alpha value is -4.08. The van der Waals surface area contributed by atoms with E-state index in [-0.39, 0.29) is 11.5 Å². The molecular weight excluding hydrogens is 625 g/mol. The van der Waals surface area contributed by atoms with Gasteiger partial charge in [-0.15, -0.1) is 0 Å². The van der Waals surface area contributed by atoms with Gasteiger partial charge in [0.15, 0.2) is 0 Å². The summed E-state index contributed by atoms with van der Waals surface area (Å²) in [6.45, 7) is 4.06. The summed E-state index contributed by atoms with van der Waals surface area (Å²) in [5, 5.41) is 4.05. The predicted octanol–water partition coefficient (Wildman–Crippen LogP) is 4.60. The third-order valence-corrected chi connectivity index (χ3v) is 10.7. The second-order valence-electron chi connectivity index (χ2n) is 13.0. The van der Waals surface area contributed by atoms with Crippen LogP contribution < -0.4 is 10.9 Å². The van der Waals surface area contributed by atoms with Crippen LogP contribution in [-0.2, 0) is 27.7 Å². The number of sulfonamides is 1. The van der Waals surface area contributed by atoms with E-state index in [2.05, 4.69) is 70.5 Å². The predicted molar refractivity (Wildman–Crippen MR) is 190 cm³/mol. The molecule has 4 aromatic rings. The highest BCUT2D eigenvalue weighted by molar-refractivity contribution is 7.88. The zero-order chi connectivity index (χ0) is 33.7. The minimum Gasteiger partial charge on any atom is -0.384 e. The number of likely N-dealkylation sites (tertiary alicyclic amines) is 1. The fourth-order valence-corrected chi connectivity index (χ4v) is 7.46. The second-order valence-corrected chi connectivity index (χ2v) is 15.0. The molecule has 11 heteroatoms. The molecule has 0 saturated carbocycles. The highest BCUT2D eigenvalue weighted by Gasteiger charge is 2.24. The molecule has 2 aromatic heterocycles. The van der Waals surface area contributed by atoms with Crippen LogP contribution >= 0.6 is 0 Å². The van der Waals surface area contributed by atoms with Gasteiger partial charge in [-0.05, 0) is 86.5 Å². The molecular formula is C37H44N6O4S. The molecule has 0 amide bonds. The quantitative estimate of drug-likeness (QED) is 0.258. The number of hydrogen-bond donors (Lipinski definition) is 1. The maximum absolute atomic E-state index is 14.0. The first-order valence-electron chi connectivity index (χ1n) is 16.7. The first-order chi connectivity index (χ1) is 23.2. The van der Waals surface area contributed by atoms with Gasteiger partial charge in [0.25, 0.3) is 5.56 Å². The van der Waals surface area contributed by atoms with Crippen molar-refractivity contribution in [3.05, 3.63) is 93.4 Å². The number of pyridine rings is 1. The highest BCUT2D eigenvalue weighted by atomic mass is 32.2. The lowest BCUT2D eigenvalue weighted by atomic mass is 9.91. The molecule has 6 rings (SSSR count). The summed E-state index contributed by atoms with van der Waals surface area (Å²) in [7, 11) is 0.653. The Morgan fingerprint density at radius 3 is 2.42 bits per heavy atom. The number of benzene rings is 2. The molecule has 10 nitrogen and oxygen atoms in total. The molecule has 1 N–H and O–H groups in total. The van der Waals surface area contributed by atoms with Crippen molar-refractivity contribution in [2.75, 3.05) is 58.5 Å². The standard InChI is InChI=1S/C37H44N6O4S/c1-41-19-4-5-32(26-41)30-12-14-34(15-13-30)39-37-38-24-33-23-31(11-10-28-16-20-42(21-17-28)48(3,45)46)36(44)43(35(33)40-37)25-29-8-6-27(7-9-29)18-22-47-2/h6-9,12-15,23-24,28,32H,4-5,16-22,25-26H2,1-3H3,(H,38,39,40). The van der Waals surface area contributed by atoms with Crippen molar-refractivity contribution in [1.29, 1.82) is 0 Å². The Labute approximate surface area is 283 Å². The molecule has 2 aliphatic heterocycles. The van der Waals surface area contributed by atoms with Gasteiger partial charge < -0.3 is 15.0 Å². The highest BCUT2D eigenvalue weighted by Crippen LogP contribution is 2.28. The van der Waals surface area contributed by atoms with Crippen LogP contribution in [0.5, 0.6) is 0 Å². The number of rotatable bonds is 9. The van der Waals surface area contributed by atoms with Crippen molar-refractivity contribution >= 4 is 32.7 Å². The van der Waals surface area contributed by atoms with Crippen molar-refractivity contribution in [2.24, 2.45) is 5.92 Å². The van der Waals surface area contributed by atoms with Crippen LogP contribution in [-0.4, -0.2) is 85.4 Å². The molecule has 2 saturated heterocycles. The van der Waals surface area contributed by atoms with E-state index in [0.717, 1.165) is 36.3 Å². The van der Waals surface area contributed by atoms with Gasteiger partial charge in [0.2, 0.25) is 16.0 Å². The molecule has 0 aliphatic carbocycles. The van der Waals surface area contributed by atoms with Gasteiger partial charge >= 0.3 is 0 Å². The summed E-state index contributed by atoms with van der Waals surface area (Å²) in [4.78, 5) is 25.8. The van der Waals surface area contributed by atoms with E-state index < -0.39 is 10.0 Å².